The fourth-order valence-corrected chi connectivity index (χ4v) is 3.77. The minimum absolute atomic E-state index is 0.221. The minimum atomic E-state index is -0.294. The Kier molecular flexibility index (Phi) is 14.9. The number of ether oxygens (including phenoxy) is 1. The van der Waals surface area contributed by atoms with E-state index in [1.165, 1.54) is 102 Å². The summed E-state index contributed by atoms with van der Waals surface area (Å²) in [7, 11) is 0. The monoisotopic (exact) mass is 420 g/mol. The van der Waals surface area contributed by atoms with Gasteiger partial charge in [0.2, 0.25) is 0 Å². The summed E-state index contributed by atoms with van der Waals surface area (Å²) in [4.78, 5) is 11.9. The average Bonchev–Trinajstić information content (AvgIpc) is 2.72. The van der Waals surface area contributed by atoms with Crippen LogP contribution in [0.25, 0.3) is 0 Å². The Morgan fingerprint density at radius 3 is 1.87 bits per heavy atom. The Morgan fingerprint density at radius 1 is 0.800 bits per heavy atom. The summed E-state index contributed by atoms with van der Waals surface area (Å²) < 4.78 is 5.21. The highest BCUT2D eigenvalue weighted by atomic mass is 16.5. The summed E-state index contributed by atoms with van der Waals surface area (Å²) in [6.07, 6.45) is 20.1. The van der Waals surface area contributed by atoms with E-state index in [1.54, 1.807) is 0 Å². The number of phenolic OH excluding ortho intramolecular Hbond substituents is 2. The molecular formula is C26H44O4. The van der Waals surface area contributed by atoms with E-state index >= 15 is 0 Å². The molecule has 0 aliphatic carbocycles. The number of phenols is 2. The van der Waals surface area contributed by atoms with Gasteiger partial charge in [0.05, 0.1) is 0 Å². The van der Waals surface area contributed by atoms with Gasteiger partial charge in [-0.2, -0.15) is 0 Å². The number of esters is 1. The first-order valence-corrected chi connectivity index (χ1v) is 12.3. The van der Waals surface area contributed by atoms with Crippen molar-refractivity contribution in [1.82, 2.24) is 0 Å². The molecule has 1 rings (SSSR count). The van der Waals surface area contributed by atoms with Crippen molar-refractivity contribution in [3.8, 4) is 17.2 Å². The van der Waals surface area contributed by atoms with Crippen LogP contribution in [0.5, 0.6) is 17.2 Å². The molecule has 0 spiro atoms. The normalized spacial score (nSPS) is 12.1. The van der Waals surface area contributed by atoms with Gasteiger partial charge in [0, 0.05) is 12.5 Å². The van der Waals surface area contributed by atoms with Gasteiger partial charge in [0.15, 0.2) is 11.5 Å². The molecule has 172 valence electrons. The second kappa shape index (κ2) is 17.0. The molecule has 30 heavy (non-hydrogen) atoms. The number of unbranched alkanes of at least 4 members (excludes halogenated alkanes) is 12. The molecule has 4 heteroatoms. The Bertz CT molecular complexity index is 570. The van der Waals surface area contributed by atoms with Crippen LogP contribution in [0.15, 0.2) is 18.2 Å². The summed E-state index contributed by atoms with van der Waals surface area (Å²) in [6.45, 7) is 4.46. The van der Waals surface area contributed by atoms with Crippen molar-refractivity contribution in [2.24, 2.45) is 5.92 Å². The lowest BCUT2D eigenvalue weighted by Gasteiger charge is -2.11. The summed E-state index contributed by atoms with van der Waals surface area (Å²) in [5.41, 5.74) is 0. The topological polar surface area (TPSA) is 66.8 Å². The highest BCUT2D eigenvalue weighted by Crippen LogP contribution is 2.29. The molecule has 0 aromatic heterocycles. The Balaban J connectivity index is 1.93. The average molecular weight is 421 g/mol. The van der Waals surface area contributed by atoms with Crippen molar-refractivity contribution in [3.05, 3.63) is 18.2 Å². The summed E-state index contributed by atoms with van der Waals surface area (Å²) >= 11 is 0. The van der Waals surface area contributed by atoms with E-state index in [2.05, 4.69) is 13.8 Å². The maximum atomic E-state index is 11.9. The third kappa shape index (κ3) is 13.5. The molecule has 0 heterocycles. The van der Waals surface area contributed by atoms with Gasteiger partial charge in [0.1, 0.15) is 5.75 Å². The number of hydrogen-bond donors (Lipinski definition) is 2. The van der Waals surface area contributed by atoms with Crippen molar-refractivity contribution < 1.29 is 19.7 Å². The molecule has 0 saturated heterocycles. The summed E-state index contributed by atoms with van der Waals surface area (Å²) in [5.74, 6) is -0.0208. The largest absolute Gasteiger partial charge is 0.504 e. The molecule has 0 bridgehead atoms. The zero-order chi connectivity index (χ0) is 22.0. The van der Waals surface area contributed by atoms with E-state index in [1.807, 2.05) is 0 Å². The third-order valence-corrected chi connectivity index (χ3v) is 5.82. The number of rotatable bonds is 18. The van der Waals surface area contributed by atoms with Crippen LogP contribution in [0.1, 0.15) is 117 Å². The first kappa shape index (κ1) is 26.3. The predicted molar refractivity (Wildman–Crippen MR) is 124 cm³/mol. The van der Waals surface area contributed by atoms with E-state index in [-0.39, 0.29) is 23.2 Å². The van der Waals surface area contributed by atoms with E-state index in [4.69, 9.17) is 4.74 Å². The molecule has 1 aromatic carbocycles. The molecule has 1 atom stereocenters. The maximum Gasteiger partial charge on any atom is 0.311 e. The second-order valence-corrected chi connectivity index (χ2v) is 8.80. The second-order valence-electron chi connectivity index (χ2n) is 8.80. The van der Waals surface area contributed by atoms with Crippen LogP contribution in [-0.4, -0.2) is 16.2 Å². The Hall–Kier alpha value is -1.71. The number of benzene rings is 1. The summed E-state index contributed by atoms with van der Waals surface area (Å²) in [6, 6.07) is 4.05. The first-order chi connectivity index (χ1) is 14.5. The molecule has 0 radical (unpaired) electrons. The minimum Gasteiger partial charge on any atom is -0.504 e. The number of carbonyl (C=O) groups is 1. The molecule has 0 aliphatic heterocycles. The fourth-order valence-electron chi connectivity index (χ4n) is 3.77. The number of hydrogen-bond acceptors (Lipinski definition) is 4. The van der Waals surface area contributed by atoms with Crippen molar-refractivity contribution in [3.63, 3.8) is 0 Å². The smallest absolute Gasteiger partial charge is 0.311 e. The van der Waals surface area contributed by atoms with Gasteiger partial charge in [0.25, 0.3) is 0 Å². The lowest BCUT2D eigenvalue weighted by atomic mass is 9.97. The number of carbonyl (C=O) groups excluding carboxylic acids is 1. The molecule has 2 N–H and O–H groups in total. The SMILES string of the molecule is CCCCCCCCCCCCCCCC(C)CCC(=O)Oc1ccc(O)c(O)c1. The molecule has 0 aliphatic rings. The van der Waals surface area contributed by atoms with E-state index in [9.17, 15) is 15.0 Å². The van der Waals surface area contributed by atoms with Gasteiger partial charge in [-0.05, 0) is 24.5 Å². The third-order valence-electron chi connectivity index (χ3n) is 5.82. The fraction of sp³-hybridized carbons (Fsp3) is 0.731. The molecular weight excluding hydrogens is 376 g/mol. The van der Waals surface area contributed by atoms with Gasteiger partial charge >= 0.3 is 5.97 Å². The van der Waals surface area contributed by atoms with E-state index in [0.717, 1.165) is 12.8 Å². The van der Waals surface area contributed by atoms with Crippen LogP contribution in [0.4, 0.5) is 0 Å². The first-order valence-electron chi connectivity index (χ1n) is 12.3. The van der Waals surface area contributed by atoms with Crippen molar-refractivity contribution in [1.29, 1.82) is 0 Å². The van der Waals surface area contributed by atoms with Gasteiger partial charge < -0.3 is 14.9 Å². The standard InChI is InChI=1S/C26H44O4/c1-3-4-5-6-7-8-9-10-11-12-13-14-15-16-22(2)17-20-26(29)30-23-18-19-24(27)25(28)21-23/h18-19,21-22,27-28H,3-17,20H2,1-2H3. The van der Waals surface area contributed by atoms with Gasteiger partial charge in [-0.15, -0.1) is 0 Å². The van der Waals surface area contributed by atoms with Gasteiger partial charge in [-0.25, -0.2) is 0 Å². The quantitative estimate of drug-likeness (QED) is 0.110. The van der Waals surface area contributed by atoms with Gasteiger partial charge in [-0.1, -0.05) is 104 Å². The van der Waals surface area contributed by atoms with Crippen LogP contribution < -0.4 is 4.74 Å². The zero-order valence-corrected chi connectivity index (χ0v) is 19.3. The zero-order valence-electron chi connectivity index (χ0n) is 19.3. The Labute approximate surface area is 184 Å². The highest BCUT2D eigenvalue weighted by molar-refractivity contribution is 5.72. The molecule has 4 nitrogen and oxygen atoms in total. The van der Waals surface area contributed by atoms with Crippen LogP contribution >= 0.6 is 0 Å². The van der Waals surface area contributed by atoms with E-state index < -0.39 is 0 Å². The van der Waals surface area contributed by atoms with Crippen molar-refractivity contribution in [2.75, 3.05) is 0 Å². The van der Waals surface area contributed by atoms with Crippen LogP contribution in [0, 0.1) is 5.92 Å². The lowest BCUT2D eigenvalue weighted by Crippen LogP contribution is -2.09. The molecule has 1 unspecified atom stereocenters. The molecule has 0 amide bonds. The molecule has 0 saturated carbocycles. The lowest BCUT2D eigenvalue weighted by molar-refractivity contribution is -0.134. The number of aromatic hydroxyl groups is 2. The van der Waals surface area contributed by atoms with Crippen LogP contribution in [0.3, 0.4) is 0 Å². The summed E-state index contributed by atoms with van der Waals surface area (Å²) in [5, 5.41) is 18.7. The van der Waals surface area contributed by atoms with Crippen LogP contribution in [-0.2, 0) is 4.79 Å². The van der Waals surface area contributed by atoms with Crippen LogP contribution in [0.2, 0.25) is 0 Å². The maximum absolute atomic E-state index is 11.9. The van der Waals surface area contributed by atoms with Crippen molar-refractivity contribution in [2.45, 2.75) is 117 Å². The van der Waals surface area contributed by atoms with E-state index in [0.29, 0.717) is 12.3 Å². The van der Waals surface area contributed by atoms with Gasteiger partial charge in [-0.3, -0.25) is 4.79 Å². The molecule has 1 aromatic rings. The Morgan fingerprint density at radius 2 is 1.33 bits per heavy atom. The molecule has 0 fully saturated rings. The highest BCUT2D eigenvalue weighted by Gasteiger charge is 2.10. The predicted octanol–water partition coefficient (Wildman–Crippen LogP) is 7.90. The van der Waals surface area contributed by atoms with Crippen molar-refractivity contribution >= 4 is 5.97 Å².